The molecule has 0 aromatic heterocycles. The summed E-state index contributed by atoms with van der Waals surface area (Å²) in [6.45, 7) is 1.30. The topological polar surface area (TPSA) is 84.9 Å². The largest absolute Gasteiger partial charge is 0.392 e. The Morgan fingerprint density at radius 2 is 1.84 bits per heavy atom. The Bertz CT molecular complexity index is 458. The van der Waals surface area contributed by atoms with Crippen molar-refractivity contribution in [2.24, 2.45) is 0 Å². The lowest BCUT2D eigenvalue weighted by Gasteiger charge is -2.07. The van der Waals surface area contributed by atoms with Crippen LogP contribution in [0.2, 0.25) is 0 Å². The van der Waals surface area contributed by atoms with E-state index in [9.17, 15) is 8.42 Å². The number of hydrogen-bond donors (Lipinski definition) is 2. The fraction of sp³-hybridized carbons (Fsp3) is 0.500. The zero-order valence-electron chi connectivity index (χ0n) is 10.8. The lowest BCUT2D eigenvalue weighted by molar-refractivity contribution is 0.0736. The second kappa shape index (κ2) is 8.23. The van der Waals surface area contributed by atoms with Gasteiger partial charge < -0.3 is 14.6 Å². The molecule has 0 spiro atoms. The maximum absolute atomic E-state index is 11.9. The third kappa shape index (κ3) is 5.66. The molecule has 1 rings (SSSR count). The summed E-state index contributed by atoms with van der Waals surface area (Å²) in [5, 5.41) is 8.88. The fourth-order valence-corrected chi connectivity index (χ4v) is 2.36. The SMILES string of the molecule is COCCOCCNS(=O)(=O)c1ccc(CO)cc1. The molecule has 0 radical (unpaired) electrons. The van der Waals surface area contributed by atoms with Crippen LogP contribution in [0, 0.1) is 0 Å². The Hall–Kier alpha value is -0.990. The van der Waals surface area contributed by atoms with Crippen LogP contribution in [0.4, 0.5) is 0 Å². The lowest BCUT2D eigenvalue weighted by Crippen LogP contribution is -2.27. The zero-order chi connectivity index (χ0) is 14.1. The van der Waals surface area contributed by atoms with Crippen molar-refractivity contribution in [3.8, 4) is 0 Å². The molecule has 0 bridgehead atoms. The molecule has 19 heavy (non-hydrogen) atoms. The molecule has 0 fully saturated rings. The summed E-state index contributed by atoms with van der Waals surface area (Å²) in [5.74, 6) is 0. The number of ether oxygens (including phenoxy) is 2. The van der Waals surface area contributed by atoms with Crippen LogP contribution in [0.3, 0.4) is 0 Å². The van der Waals surface area contributed by atoms with Gasteiger partial charge in [0.05, 0.1) is 31.3 Å². The van der Waals surface area contributed by atoms with Gasteiger partial charge in [-0.1, -0.05) is 12.1 Å². The number of hydrogen-bond acceptors (Lipinski definition) is 5. The number of rotatable bonds is 9. The van der Waals surface area contributed by atoms with E-state index in [0.29, 0.717) is 18.8 Å². The Balaban J connectivity index is 2.42. The quantitative estimate of drug-likeness (QED) is 0.631. The van der Waals surface area contributed by atoms with Gasteiger partial charge in [0.1, 0.15) is 0 Å². The molecule has 0 aliphatic carbocycles. The summed E-state index contributed by atoms with van der Waals surface area (Å²) < 4.78 is 36.1. The minimum absolute atomic E-state index is 0.110. The number of sulfonamides is 1. The fourth-order valence-electron chi connectivity index (χ4n) is 1.35. The molecule has 1 aromatic rings. The normalized spacial score (nSPS) is 11.7. The second-order valence-corrected chi connectivity index (χ2v) is 5.57. The van der Waals surface area contributed by atoms with Gasteiger partial charge in [-0.3, -0.25) is 0 Å². The molecule has 6 nitrogen and oxygen atoms in total. The first kappa shape index (κ1) is 16.1. The van der Waals surface area contributed by atoms with E-state index < -0.39 is 10.0 Å². The summed E-state index contributed by atoms with van der Waals surface area (Å²) in [5.41, 5.74) is 0.668. The van der Waals surface area contributed by atoms with Crippen LogP contribution >= 0.6 is 0 Å². The first-order valence-electron chi connectivity index (χ1n) is 5.86. The van der Waals surface area contributed by atoms with Crippen LogP contribution in [-0.2, 0) is 26.1 Å². The predicted molar refractivity (Wildman–Crippen MR) is 70.2 cm³/mol. The number of aliphatic hydroxyl groups excluding tert-OH is 1. The Kier molecular flexibility index (Phi) is 6.96. The Morgan fingerprint density at radius 3 is 2.42 bits per heavy atom. The van der Waals surface area contributed by atoms with E-state index in [4.69, 9.17) is 14.6 Å². The summed E-state index contributed by atoms with van der Waals surface area (Å²) >= 11 is 0. The minimum Gasteiger partial charge on any atom is -0.392 e. The van der Waals surface area contributed by atoms with Gasteiger partial charge in [0, 0.05) is 13.7 Å². The first-order chi connectivity index (χ1) is 9.10. The molecule has 1 aromatic carbocycles. The van der Waals surface area contributed by atoms with Crippen molar-refractivity contribution >= 4 is 10.0 Å². The van der Waals surface area contributed by atoms with E-state index in [1.54, 1.807) is 19.2 Å². The number of methoxy groups -OCH3 is 1. The number of nitrogens with one attached hydrogen (secondary N) is 1. The van der Waals surface area contributed by atoms with E-state index in [2.05, 4.69) is 4.72 Å². The van der Waals surface area contributed by atoms with Crippen molar-refractivity contribution < 1.29 is 23.0 Å². The van der Waals surface area contributed by atoms with Crippen molar-refractivity contribution in [1.29, 1.82) is 0 Å². The maximum atomic E-state index is 11.9. The van der Waals surface area contributed by atoms with E-state index in [-0.39, 0.29) is 24.7 Å². The van der Waals surface area contributed by atoms with E-state index in [1.165, 1.54) is 12.1 Å². The van der Waals surface area contributed by atoms with Gasteiger partial charge in [0.15, 0.2) is 0 Å². The molecular weight excluding hydrogens is 270 g/mol. The van der Waals surface area contributed by atoms with Crippen LogP contribution in [0.5, 0.6) is 0 Å². The minimum atomic E-state index is -3.52. The van der Waals surface area contributed by atoms with Gasteiger partial charge in [-0.05, 0) is 17.7 Å². The molecule has 108 valence electrons. The zero-order valence-corrected chi connectivity index (χ0v) is 11.6. The van der Waals surface area contributed by atoms with Crippen molar-refractivity contribution in [2.45, 2.75) is 11.5 Å². The molecule has 2 N–H and O–H groups in total. The number of benzene rings is 1. The molecule has 0 heterocycles. The van der Waals surface area contributed by atoms with Gasteiger partial charge >= 0.3 is 0 Å². The lowest BCUT2D eigenvalue weighted by atomic mass is 10.2. The number of aliphatic hydroxyl groups is 1. The highest BCUT2D eigenvalue weighted by molar-refractivity contribution is 7.89. The van der Waals surface area contributed by atoms with Crippen LogP contribution < -0.4 is 4.72 Å². The third-order valence-corrected chi connectivity index (χ3v) is 3.86. The Morgan fingerprint density at radius 1 is 1.16 bits per heavy atom. The average molecular weight is 289 g/mol. The van der Waals surface area contributed by atoms with Gasteiger partial charge in [0.25, 0.3) is 0 Å². The molecule has 0 unspecified atom stereocenters. The summed E-state index contributed by atoms with van der Waals surface area (Å²) in [4.78, 5) is 0.168. The summed E-state index contributed by atoms with van der Waals surface area (Å²) in [6.07, 6.45) is 0. The van der Waals surface area contributed by atoms with Gasteiger partial charge in [-0.25, -0.2) is 13.1 Å². The second-order valence-electron chi connectivity index (χ2n) is 3.81. The highest BCUT2D eigenvalue weighted by atomic mass is 32.2. The highest BCUT2D eigenvalue weighted by Gasteiger charge is 2.12. The van der Waals surface area contributed by atoms with E-state index >= 15 is 0 Å². The van der Waals surface area contributed by atoms with Crippen LogP contribution in [-0.4, -0.2) is 47.0 Å². The van der Waals surface area contributed by atoms with E-state index in [1.807, 2.05) is 0 Å². The molecule has 0 amide bonds. The smallest absolute Gasteiger partial charge is 0.240 e. The molecule has 0 aliphatic heterocycles. The first-order valence-corrected chi connectivity index (χ1v) is 7.34. The third-order valence-electron chi connectivity index (χ3n) is 2.39. The van der Waals surface area contributed by atoms with Crippen molar-refractivity contribution in [3.63, 3.8) is 0 Å². The highest BCUT2D eigenvalue weighted by Crippen LogP contribution is 2.10. The van der Waals surface area contributed by atoms with Crippen LogP contribution in [0.1, 0.15) is 5.56 Å². The van der Waals surface area contributed by atoms with Crippen molar-refractivity contribution in [2.75, 3.05) is 33.5 Å². The Labute approximate surface area is 113 Å². The molecule has 0 saturated carbocycles. The van der Waals surface area contributed by atoms with Gasteiger partial charge in [-0.2, -0.15) is 0 Å². The van der Waals surface area contributed by atoms with Gasteiger partial charge in [-0.15, -0.1) is 0 Å². The van der Waals surface area contributed by atoms with Gasteiger partial charge in [0.2, 0.25) is 10.0 Å². The predicted octanol–water partition coefficient (Wildman–Crippen LogP) is 0.120. The van der Waals surface area contributed by atoms with Crippen LogP contribution in [0.15, 0.2) is 29.2 Å². The molecular formula is C12H19NO5S. The van der Waals surface area contributed by atoms with Crippen LogP contribution in [0.25, 0.3) is 0 Å². The van der Waals surface area contributed by atoms with Crippen molar-refractivity contribution in [1.82, 2.24) is 4.72 Å². The molecule has 0 aliphatic rings. The van der Waals surface area contributed by atoms with Crippen molar-refractivity contribution in [3.05, 3.63) is 29.8 Å². The summed E-state index contributed by atoms with van der Waals surface area (Å²) in [6, 6.07) is 6.06. The average Bonchev–Trinajstić information content (AvgIpc) is 2.43. The van der Waals surface area contributed by atoms with E-state index in [0.717, 1.165) is 0 Å². The molecule has 0 saturated heterocycles. The maximum Gasteiger partial charge on any atom is 0.240 e. The summed E-state index contributed by atoms with van der Waals surface area (Å²) in [7, 11) is -1.95. The molecule has 7 heteroatoms. The monoisotopic (exact) mass is 289 g/mol. The molecule has 0 atom stereocenters. The standard InChI is InChI=1S/C12H19NO5S/c1-17-8-9-18-7-6-13-19(15,16)12-4-2-11(10-14)3-5-12/h2-5,13-14H,6-10H2,1H3.